The minimum Gasteiger partial charge on any atom is -0.294 e. The van der Waals surface area contributed by atoms with E-state index in [1.807, 2.05) is 20.8 Å². The van der Waals surface area contributed by atoms with Crippen LogP contribution in [0.25, 0.3) is 0 Å². The normalized spacial score (nSPS) is 14.5. The van der Waals surface area contributed by atoms with Crippen molar-refractivity contribution in [2.45, 2.75) is 40.0 Å². The largest absolute Gasteiger partial charge is 0.294 e. The van der Waals surface area contributed by atoms with Crippen LogP contribution >= 0.6 is 0 Å². The second-order valence-electron chi connectivity index (χ2n) is 2.95. The zero-order valence-corrected chi connectivity index (χ0v) is 8.48. The van der Waals surface area contributed by atoms with Crippen molar-refractivity contribution in [2.75, 3.05) is 0 Å². The van der Waals surface area contributed by atoms with Crippen LogP contribution in [-0.2, 0) is 6.42 Å². The maximum Gasteiger partial charge on any atom is 0.166 e. The zero-order valence-electron chi connectivity index (χ0n) is 8.48. The molecule has 0 unspecified atom stereocenters. The average Bonchev–Trinajstić information content (AvgIpc) is 2.53. The van der Waals surface area contributed by atoms with Crippen molar-refractivity contribution in [1.82, 2.24) is 10.2 Å². The molecule has 74 valence electrons. The number of fused-ring (bicyclic) bond motifs is 1. The maximum atomic E-state index is 11.3. The molecule has 0 aliphatic heterocycles. The van der Waals surface area contributed by atoms with Crippen LogP contribution in [0.4, 0.5) is 0 Å². The lowest BCUT2D eigenvalue weighted by Gasteiger charge is -2.07. The Morgan fingerprint density at radius 3 is 2.69 bits per heavy atom. The number of nitrogens with zero attached hydrogens (tertiary/aromatic N) is 1. The molecule has 0 saturated carbocycles. The fourth-order valence-corrected chi connectivity index (χ4v) is 1.57. The summed E-state index contributed by atoms with van der Waals surface area (Å²) in [7, 11) is 0. The number of hydrogen-bond acceptors (Lipinski definition) is 2. The molecule has 13 heavy (non-hydrogen) atoms. The number of carbonyl (C=O) groups is 1. The third-order valence-corrected chi connectivity index (χ3v) is 2.12. The van der Waals surface area contributed by atoms with Crippen molar-refractivity contribution in [3.05, 3.63) is 17.0 Å². The molecule has 0 aromatic carbocycles. The summed E-state index contributed by atoms with van der Waals surface area (Å²) in [6.07, 6.45) is 2.59. The van der Waals surface area contributed by atoms with E-state index >= 15 is 0 Å². The first-order valence-electron chi connectivity index (χ1n) is 4.86. The monoisotopic (exact) mass is 182 g/mol. The van der Waals surface area contributed by atoms with Crippen LogP contribution in [0.2, 0.25) is 0 Å². The van der Waals surface area contributed by atoms with Crippen molar-refractivity contribution >= 4 is 5.78 Å². The SMILES string of the molecule is CC.Cc1[nH]nc2c1C(=O)CCC2.[HH]. The van der Waals surface area contributed by atoms with Gasteiger partial charge in [-0.05, 0) is 19.8 Å². The molecule has 3 heteroatoms. The lowest BCUT2D eigenvalue weighted by Crippen LogP contribution is -2.09. The summed E-state index contributed by atoms with van der Waals surface area (Å²) >= 11 is 0. The predicted molar refractivity (Wildman–Crippen MR) is 54.1 cm³/mol. The van der Waals surface area contributed by atoms with E-state index in [1.165, 1.54) is 0 Å². The van der Waals surface area contributed by atoms with E-state index in [2.05, 4.69) is 10.2 Å². The lowest BCUT2D eigenvalue weighted by molar-refractivity contribution is 0.0972. The molecule has 1 aromatic rings. The Balaban J connectivity index is 0.000000531. The highest BCUT2D eigenvalue weighted by Gasteiger charge is 2.21. The van der Waals surface area contributed by atoms with E-state index < -0.39 is 0 Å². The number of H-pyrrole nitrogens is 1. The van der Waals surface area contributed by atoms with Crippen LogP contribution < -0.4 is 0 Å². The number of aromatic nitrogens is 2. The maximum absolute atomic E-state index is 11.3. The Morgan fingerprint density at radius 2 is 2.08 bits per heavy atom. The van der Waals surface area contributed by atoms with Gasteiger partial charge < -0.3 is 0 Å². The van der Waals surface area contributed by atoms with E-state index in [-0.39, 0.29) is 7.21 Å². The van der Waals surface area contributed by atoms with Crippen molar-refractivity contribution in [1.29, 1.82) is 0 Å². The number of nitrogens with one attached hydrogen (secondary N) is 1. The quantitative estimate of drug-likeness (QED) is 0.670. The van der Waals surface area contributed by atoms with Gasteiger partial charge in [-0.1, -0.05) is 13.8 Å². The Labute approximate surface area is 80.0 Å². The topological polar surface area (TPSA) is 45.8 Å². The Morgan fingerprint density at radius 1 is 1.38 bits per heavy atom. The third-order valence-electron chi connectivity index (χ3n) is 2.12. The number of ketones is 1. The van der Waals surface area contributed by atoms with E-state index in [9.17, 15) is 4.79 Å². The van der Waals surface area contributed by atoms with Gasteiger partial charge in [0.2, 0.25) is 0 Å². The summed E-state index contributed by atoms with van der Waals surface area (Å²) < 4.78 is 0. The minimum absolute atomic E-state index is 0. The highest BCUT2D eigenvalue weighted by molar-refractivity contribution is 5.98. The smallest absolute Gasteiger partial charge is 0.166 e. The Hall–Kier alpha value is -1.12. The van der Waals surface area contributed by atoms with Crippen LogP contribution in [-0.4, -0.2) is 16.0 Å². The molecule has 3 nitrogen and oxygen atoms in total. The molecule has 0 radical (unpaired) electrons. The minimum atomic E-state index is 0. The van der Waals surface area contributed by atoms with E-state index in [1.54, 1.807) is 0 Å². The van der Waals surface area contributed by atoms with Crippen LogP contribution in [0.3, 0.4) is 0 Å². The molecule has 0 fully saturated rings. The van der Waals surface area contributed by atoms with Gasteiger partial charge in [-0.25, -0.2) is 0 Å². The van der Waals surface area contributed by atoms with Gasteiger partial charge in [0.25, 0.3) is 0 Å². The molecule has 1 heterocycles. The highest BCUT2D eigenvalue weighted by atomic mass is 16.1. The van der Waals surface area contributed by atoms with E-state index in [0.717, 1.165) is 29.8 Å². The summed E-state index contributed by atoms with van der Waals surface area (Å²) in [5.74, 6) is 0.248. The first-order chi connectivity index (χ1) is 6.29. The molecular formula is C10H18N2O. The standard InChI is InChI=1S/C8H10N2O.C2H6.H2/c1-5-8-6(10-9-5)3-2-4-7(8)11;1-2;/h2-4H2,1H3,(H,9,10);1-2H3;1H. The fourth-order valence-electron chi connectivity index (χ4n) is 1.57. The second-order valence-corrected chi connectivity index (χ2v) is 2.95. The highest BCUT2D eigenvalue weighted by Crippen LogP contribution is 2.21. The first-order valence-corrected chi connectivity index (χ1v) is 4.86. The van der Waals surface area contributed by atoms with Gasteiger partial charge >= 0.3 is 0 Å². The van der Waals surface area contributed by atoms with Gasteiger partial charge in [-0.2, -0.15) is 5.10 Å². The van der Waals surface area contributed by atoms with Crippen LogP contribution in [0.5, 0.6) is 0 Å². The molecule has 0 spiro atoms. The number of aromatic amines is 1. The summed E-state index contributed by atoms with van der Waals surface area (Å²) in [5.41, 5.74) is 2.72. The molecule has 1 aliphatic carbocycles. The van der Waals surface area contributed by atoms with E-state index in [4.69, 9.17) is 0 Å². The van der Waals surface area contributed by atoms with Crippen LogP contribution in [0.1, 0.15) is 49.9 Å². The average molecular weight is 182 g/mol. The van der Waals surface area contributed by atoms with Gasteiger partial charge in [0, 0.05) is 13.5 Å². The number of hydrogen-bond donors (Lipinski definition) is 1. The van der Waals surface area contributed by atoms with Crippen molar-refractivity contribution in [2.24, 2.45) is 0 Å². The fraction of sp³-hybridized carbons (Fsp3) is 0.600. The summed E-state index contributed by atoms with van der Waals surface area (Å²) in [4.78, 5) is 11.3. The van der Waals surface area contributed by atoms with Gasteiger partial charge in [-0.15, -0.1) is 0 Å². The predicted octanol–water partition coefficient (Wildman–Crippen LogP) is 2.51. The number of rotatable bonds is 0. The summed E-state index contributed by atoms with van der Waals surface area (Å²) in [5, 5.41) is 6.90. The molecule has 0 bridgehead atoms. The molecular weight excluding hydrogens is 164 g/mol. The molecule has 0 amide bonds. The van der Waals surface area contributed by atoms with E-state index in [0.29, 0.717) is 6.42 Å². The van der Waals surface area contributed by atoms with Crippen molar-refractivity contribution < 1.29 is 6.22 Å². The third kappa shape index (κ3) is 1.79. The number of aryl methyl sites for hydroxylation is 2. The zero-order chi connectivity index (χ0) is 9.84. The van der Waals surface area contributed by atoms with Gasteiger partial charge in [0.05, 0.1) is 11.3 Å². The summed E-state index contributed by atoms with van der Waals surface area (Å²) in [6, 6.07) is 0. The van der Waals surface area contributed by atoms with Gasteiger partial charge in [0.1, 0.15) is 0 Å². The number of Topliss-reactive ketones (excluding diaryl/α,β-unsaturated/α-hetero) is 1. The molecule has 2 rings (SSSR count). The van der Waals surface area contributed by atoms with Crippen LogP contribution in [0.15, 0.2) is 0 Å². The Bertz CT molecular complexity index is 307. The van der Waals surface area contributed by atoms with Crippen LogP contribution in [0, 0.1) is 6.92 Å². The van der Waals surface area contributed by atoms with Gasteiger partial charge in [0.15, 0.2) is 5.78 Å². The molecule has 1 aromatic heterocycles. The molecule has 1 N–H and O–H groups in total. The number of carbonyl (C=O) groups excluding carboxylic acids is 1. The summed E-state index contributed by atoms with van der Waals surface area (Å²) in [6.45, 7) is 5.90. The first kappa shape index (κ1) is 9.96. The molecule has 0 saturated heterocycles. The lowest BCUT2D eigenvalue weighted by atomic mass is 9.95. The Kier molecular flexibility index (Phi) is 3.23. The second kappa shape index (κ2) is 4.21. The van der Waals surface area contributed by atoms with Crippen molar-refractivity contribution in [3.63, 3.8) is 0 Å². The molecule has 0 atom stereocenters. The van der Waals surface area contributed by atoms with Crippen molar-refractivity contribution in [3.8, 4) is 0 Å². The van der Waals surface area contributed by atoms with Gasteiger partial charge in [-0.3, -0.25) is 9.89 Å². The molecule has 1 aliphatic rings.